The van der Waals surface area contributed by atoms with Crippen molar-refractivity contribution in [2.24, 2.45) is 0 Å². The summed E-state index contributed by atoms with van der Waals surface area (Å²) < 4.78 is 0. The largest absolute Gasteiger partial charge is 0.0619 e. The molecule has 0 saturated carbocycles. The predicted octanol–water partition coefficient (Wildman–Crippen LogP) is 20.1. The fourth-order valence-electron chi connectivity index (χ4n) is 11.7. The van der Waals surface area contributed by atoms with Crippen molar-refractivity contribution in [3.05, 3.63) is 167 Å². The van der Waals surface area contributed by atoms with E-state index in [0.717, 1.165) is 0 Å². The van der Waals surface area contributed by atoms with Crippen LogP contribution in [0.3, 0.4) is 0 Å². The quantitative estimate of drug-likeness (QED) is 0.155. The van der Waals surface area contributed by atoms with Gasteiger partial charge in [0.1, 0.15) is 0 Å². The van der Waals surface area contributed by atoms with Crippen LogP contribution in [-0.4, -0.2) is 0 Å². The molecule has 0 aliphatic heterocycles. The lowest BCUT2D eigenvalue weighted by atomic mass is 9.76. The summed E-state index contributed by atoms with van der Waals surface area (Å²) in [6.45, 7) is 35.5. The Morgan fingerprint density at radius 1 is 0.235 bits per heavy atom. The van der Waals surface area contributed by atoms with E-state index in [4.69, 9.17) is 0 Å². The molecule has 0 unspecified atom stereocenters. The molecule has 340 valence electrons. The van der Waals surface area contributed by atoms with Crippen LogP contribution in [0.5, 0.6) is 0 Å². The molecule has 0 amide bonds. The van der Waals surface area contributed by atoms with E-state index in [1.54, 1.807) is 0 Å². The van der Waals surface area contributed by atoms with E-state index >= 15 is 0 Å². The molecule has 11 aromatic carbocycles. The molecule has 0 radical (unpaired) electrons. The van der Waals surface area contributed by atoms with Gasteiger partial charge in [-0.15, -0.1) is 0 Å². The Hall–Kier alpha value is -6.24. The van der Waals surface area contributed by atoms with Gasteiger partial charge in [-0.3, -0.25) is 0 Å². The molecule has 0 N–H and O–H groups in total. The van der Waals surface area contributed by atoms with Crippen molar-refractivity contribution < 1.29 is 0 Å². The number of fused-ring (bicyclic) bond motifs is 8. The second-order valence-electron chi connectivity index (χ2n) is 25.4. The molecule has 0 nitrogen and oxygen atoms in total. The zero-order chi connectivity index (χ0) is 48.2. The second-order valence-corrected chi connectivity index (χ2v) is 25.4. The molecule has 0 saturated heterocycles. The molecular formula is C68H68. The fourth-order valence-corrected chi connectivity index (χ4v) is 11.7. The molecular weight excluding hydrogens is 817 g/mol. The molecule has 0 aliphatic rings. The van der Waals surface area contributed by atoms with Gasteiger partial charge in [-0.2, -0.15) is 0 Å². The van der Waals surface area contributed by atoms with E-state index in [9.17, 15) is 0 Å². The summed E-state index contributed by atoms with van der Waals surface area (Å²) >= 11 is 0. The van der Waals surface area contributed by atoms with Gasteiger partial charge < -0.3 is 0 Å². The topological polar surface area (TPSA) is 0 Å². The summed E-state index contributed by atoms with van der Waals surface area (Å²) in [5, 5.41) is 18.7. The van der Waals surface area contributed by atoms with Crippen LogP contribution in [0.15, 0.2) is 140 Å². The smallest absolute Gasteiger partial charge is 0.000718 e. The highest BCUT2D eigenvalue weighted by Gasteiger charge is 2.31. The van der Waals surface area contributed by atoms with Crippen LogP contribution in [0, 0.1) is 0 Å². The molecule has 0 aromatic heterocycles. The van der Waals surface area contributed by atoms with Crippen LogP contribution in [0.25, 0.3) is 109 Å². The second kappa shape index (κ2) is 14.6. The van der Waals surface area contributed by atoms with E-state index in [0.29, 0.717) is 0 Å². The fraction of sp³-hybridized carbons (Fsp3) is 0.294. The van der Waals surface area contributed by atoms with Gasteiger partial charge in [0, 0.05) is 0 Å². The van der Waals surface area contributed by atoms with Crippen molar-refractivity contribution >= 4 is 75.4 Å². The van der Waals surface area contributed by atoms with E-state index in [2.05, 4.69) is 243 Å². The zero-order valence-corrected chi connectivity index (χ0v) is 43.3. The lowest BCUT2D eigenvalue weighted by Crippen LogP contribution is -2.16. The van der Waals surface area contributed by atoms with E-state index in [1.807, 2.05) is 0 Å². The maximum absolute atomic E-state index is 2.61. The van der Waals surface area contributed by atoms with E-state index in [-0.39, 0.29) is 27.1 Å². The Bertz CT molecular complexity index is 3770. The van der Waals surface area contributed by atoms with Crippen molar-refractivity contribution in [2.45, 2.75) is 131 Å². The summed E-state index contributed by atoms with van der Waals surface area (Å²) in [5.74, 6) is 0. The van der Waals surface area contributed by atoms with Crippen molar-refractivity contribution in [2.75, 3.05) is 0 Å². The minimum Gasteiger partial charge on any atom is -0.0619 e. The average Bonchev–Trinajstić information content (AvgIpc) is 3.78. The lowest BCUT2D eigenvalue weighted by molar-refractivity contribution is 0.568. The van der Waals surface area contributed by atoms with Crippen LogP contribution < -0.4 is 0 Å². The molecule has 0 aliphatic carbocycles. The van der Waals surface area contributed by atoms with Gasteiger partial charge >= 0.3 is 0 Å². The Morgan fingerprint density at radius 2 is 0.647 bits per heavy atom. The first-order valence-corrected chi connectivity index (χ1v) is 25.1. The van der Waals surface area contributed by atoms with Gasteiger partial charge in [-0.25, -0.2) is 0 Å². The summed E-state index contributed by atoms with van der Waals surface area (Å²) in [4.78, 5) is 0. The van der Waals surface area contributed by atoms with Crippen molar-refractivity contribution in [3.8, 4) is 33.4 Å². The van der Waals surface area contributed by atoms with E-state index < -0.39 is 0 Å². The Labute approximate surface area is 405 Å². The maximum Gasteiger partial charge on any atom is -0.000718 e. The van der Waals surface area contributed by atoms with Crippen molar-refractivity contribution in [1.29, 1.82) is 0 Å². The molecule has 0 bridgehead atoms. The predicted molar refractivity (Wildman–Crippen MR) is 301 cm³/mol. The standard InChI is InChI=1S/C68H68/c1-64(2,3)41-32-39(33-42(36-41)65(4,5)6)57-55-38-54-46-23-17-16-22-45(46)49-25-20-27-51(60(49)54)61(55)58(40-34-43(66(7,8)9)37-44(35-40)67(10,11)12)63-53-31-30-47(48-24-18-19-29-56(48)68(13,14)15)50-26-21-28-52(59(50)53)62(57)63/h16-38H,1-15H3. The highest BCUT2D eigenvalue weighted by atomic mass is 14.3. The SMILES string of the molecule is CC(C)(C)c1cc(-c2c3cc4c5ccccc5c5cccc(c3c(-c3cc(C(C)(C)C)cc(C(C)(C)C)c3)c3c6ccc(-c7ccccc7C(C)(C)C)c7cccc(c23)c76)c54)cc(C(C)(C)C)c1. The molecule has 0 atom stereocenters. The number of hydrogen-bond acceptors (Lipinski definition) is 0. The first-order chi connectivity index (χ1) is 31.9. The first kappa shape index (κ1) is 44.3. The minimum atomic E-state index is -0.0586. The number of hydrogen-bond donors (Lipinski definition) is 0. The summed E-state index contributed by atoms with van der Waals surface area (Å²) in [6.07, 6.45) is 0. The molecule has 11 rings (SSSR count). The molecule has 11 aromatic rings. The summed E-state index contributed by atoms with van der Waals surface area (Å²) in [5.41, 5.74) is 14.5. The van der Waals surface area contributed by atoms with Gasteiger partial charge in [-0.1, -0.05) is 237 Å². The third-order valence-corrected chi connectivity index (χ3v) is 15.4. The Balaban J connectivity index is 1.47. The summed E-state index contributed by atoms with van der Waals surface area (Å²) in [7, 11) is 0. The zero-order valence-electron chi connectivity index (χ0n) is 43.3. The molecule has 68 heavy (non-hydrogen) atoms. The van der Waals surface area contributed by atoms with Crippen molar-refractivity contribution in [1.82, 2.24) is 0 Å². The normalized spacial score (nSPS) is 13.5. The first-order valence-electron chi connectivity index (χ1n) is 25.1. The van der Waals surface area contributed by atoms with Crippen molar-refractivity contribution in [3.63, 3.8) is 0 Å². The molecule has 0 heteroatoms. The van der Waals surface area contributed by atoms with Gasteiger partial charge in [-0.05, 0) is 170 Å². The Morgan fingerprint density at radius 3 is 1.19 bits per heavy atom. The van der Waals surface area contributed by atoms with E-state index in [1.165, 1.54) is 137 Å². The molecule has 0 heterocycles. The highest BCUT2D eigenvalue weighted by molar-refractivity contribution is 6.45. The summed E-state index contributed by atoms with van der Waals surface area (Å²) in [6, 6.07) is 55.2. The third kappa shape index (κ3) is 6.76. The maximum atomic E-state index is 2.61. The van der Waals surface area contributed by atoms with Gasteiger partial charge in [0.25, 0.3) is 0 Å². The van der Waals surface area contributed by atoms with Crippen LogP contribution in [-0.2, 0) is 27.1 Å². The van der Waals surface area contributed by atoms with Crippen LogP contribution in [0.2, 0.25) is 0 Å². The van der Waals surface area contributed by atoms with Gasteiger partial charge in [0.05, 0.1) is 0 Å². The molecule has 0 fully saturated rings. The number of benzene rings is 9. The van der Waals surface area contributed by atoms with Crippen LogP contribution >= 0.6 is 0 Å². The van der Waals surface area contributed by atoms with Gasteiger partial charge in [0.2, 0.25) is 0 Å². The van der Waals surface area contributed by atoms with Crippen LogP contribution in [0.1, 0.15) is 132 Å². The van der Waals surface area contributed by atoms with Gasteiger partial charge in [0.15, 0.2) is 0 Å². The van der Waals surface area contributed by atoms with Crippen LogP contribution in [0.4, 0.5) is 0 Å². The minimum absolute atomic E-state index is 0.0205. The highest BCUT2D eigenvalue weighted by Crippen LogP contribution is 2.56. The Kier molecular flexibility index (Phi) is 9.53. The lowest BCUT2D eigenvalue weighted by Gasteiger charge is -2.28. The average molecular weight is 885 g/mol. The third-order valence-electron chi connectivity index (χ3n) is 15.4. The molecule has 0 spiro atoms. The number of rotatable bonds is 3. The monoisotopic (exact) mass is 885 g/mol.